The largest absolute Gasteiger partial charge is 0.481 e. The van der Waals surface area contributed by atoms with Gasteiger partial charge < -0.3 is 31.5 Å². The highest BCUT2D eigenvalue weighted by atomic mass is 16.4. The number of carbonyl (C=O) groups is 6. The van der Waals surface area contributed by atoms with Crippen molar-refractivity contribution in [1.29, 1.82) is 0 Å². The molecule has 0 aliphatic rings. The predicted octanol–water partition coefficient (Wildman–Crippen LogP) is -0.577. The first-order chi connectivity index (χ1) is 16.3. The predicted molar refractivity (Wildman–Crippen MR) is 124 cm³/mol. The van der Waals surface area contributed by atoms with E-state index < -0.39 is 72.1 Å². The van der Waals surface area contributed by atoms with Gasteiger partial charge in [0.2, 0.25) is 23.6 Å². The molecule has 12 nitrogen and oxygen atoms in total. The van der Waals surface area contributed by atoms with Gasteiger partial charge in [0.25, 0.3) is 0 Å². The van der Waals surface area contributed by atoms with Gasteiger partial charge in [-0.1, -0.05) is 44.2 Å². The fourth-order valence-corrected chi connectivity index (χ4v) is 3.15. The van der Waals surface area contributed by atoms with Crippen molar-refractivity contribution in [3.05, 3.63) is 35.9 Å². The summed E-state index contributed by atoms with van der Waals surface area (Å²) in [5, 5.41) is 28.0. The maximum absolute atomic E-state index is 13.1. The molecule has 0 saturated heterocycles. The van der Waals surface area contributed by atoms with Gasteiger partial charge >= 0.3 is 11.9 Å². The molecular formula is C23H32N4O8. The molecule has 1 unspecified atom stereocenters. The Labute approximate surface area is 202 Å². The Morgan fingerprint density at radius 2 is 1.31 bits per heavy atom. The van der Waals surface area contributed by atoms with E-state index in [4.69, 9.17) is 0 Å². The van der Waals surface area contributed by atoms with Crippen molar-refractivity contribution in [3.8, 4) is 0 Å². The average Bonchev–Trinajstić information content (AvgIpc) is 2.75. The molecular weight excluding hydrogens is 460 g/mol. The Bertz CT molecular complexity index is 935. The molecule has 1 rings (SSSR count). The van der Waals surface area contributed by atoms with Crippen LogP contribution < -0.4 is 21.3 Å². The molecule has 12 heteroatoms. The minimum absolute atomic E-state index is 0.0103. The summed E-state index contributed by atoms with van der Waals surface area (Å²) < 4.78 is 0. The van der Waals surface area contributed by atoms with E-state index in [-0.39, 0.29) is 6.42 Å². The molecule has 0 aliphatic carbocycles. The van der Waals surface area contributed by atoms with Crippen LogP contribution in [0.15, 0.2) is 30.3 Å². The number of carbonyl (C=O) groups excluding carboxylic acids is 4. The number of carboxylic acids is 2. The number of hydrogen-bond donors (Lipinski definition) is 6. The second kappa shape index (κ2) is 13.7. The first-order valence-electron chi connectivity index (χ1n) is 11.0. The molecule has 1 aromatic rings. The second-order valence-electron chi connectivity index (χ2n) is 8.40. The fraction of sp³-hybridized carbons (Fsp3) is 0.478. The fourth-order valence-electron chi connectivity index (χ4n) is 3.15. The monoisotopic (exact) mass is 492 g/mol. The van der Waals surface area contributed by atoms with Gasteiger partial charge in [-0.15, -0.1) is 0 Å². The zero-order valence-electron chi connectivity index (χ0n) is 20.0. The molecule has 192 valence electrons. The van der Waals surface area contributed by atoms with Gasteiger partial charge in [-0.2, -0.15) is 0 Å². The summed E-state index contributed by atoms with van der Waals surface area (Å²) in [5.74, 6) is -6.17. The topological polar surface area (TPSA) is 191 Å². The quantitative estimate of drug-likeness (QED) is 0.211. The van der Waals surface area contributed by atoms with Crippen molar-refractivity contribution in [2.24, 2.45) is 5.92 Å². The van der Waals surface area contributed by atoms with Crippen LogP contribution in [-0.4, -0.2) is 69.9 Å². The smallest absolute Gasteiger partial charge is 0.326 e. The van der Waals surface area contributed by atoms with Crippen LogP contribution in [-0.2, 0) is 35.2 Å². The maximum atomic E-state index is 13.1. The van der Waals surface area contributed by atoms with E-state index in [1.165, 1.54) is 13.8 Å². The van der Waals surface area contributed by atoms with Crippen LogP contribution in [0.3, 0.4) is 0 Å². The van der Waals surface area contributed by atoms with Gasteiger partial charge in [0.1, 0.15) is 24.2 Å². The van der Waals surface area contributed by atoms with E-state index >= 15 is 0 Å². The van der Waals surface area contributed by atoms with Crippen LogP contribution in [0.4, 0.5) is 0 Å². The van der Waals surface area contributed by atoms with Gasteiger partial charge in [-0.25, -0.2) is 4.79 Å². The number of rotatable bonds is 13. The molecule has 4 amide bonds. The Balaban J connectivity index is 3.12. The van der Waals surface area contributed by atoms with Gasteiger partial charge in [0.05, 0.1) is 6.42 Å². The zero-order chi connectivity index (χ0) is 26.7. The summed E-state index contributed by atoms with van der Waals surface area (Å²) in [7, 11) is 0. The molecule has 35 heavy (non-hydrogen) atoms. The molecule has 0 spiro atoms. The van der Waals surface area contributed by atoms with E-state index in [0.717, 1.165) is 0 Å². The van der Waals surface area contributed by atoms with E-state index in [0.29, 0.717) is 5.56 Å². The Morgan fingerprint density at radius 1 is 0.771 bits per heavy atom. The molecule has 0 aromatic heterocycles. The lowest BCUT2D eigenvalue weighted by Gasteiger charge is -2.25. The highest BCUT2D eigenvalue weighted by Crippen LogP contribution is 2.07. The summed E-state index contributed by atoms with van der Waals surface area (Å²) in [5.41, 5.74) is 0.671. The van der Waals surface area contributed by atoms with E-state index in [1.807, 2.05) is 0 Å². The van der Waals surface area contributed by atoms with Crippen molar-refractivity contribution in [3.63, 3.8) is 0 Å². The normalized spacial score (nSPS) is 14.1. The molecule has 4 atom stereocenters. The number of benzene rings is 1. The second-order valence-corrected chi connectivity index (χ2v) is 8.40. The van der Waals surface area contributed by atoms with Crippen LogP contribution in [0.25, 0.3) is 0 Å². The minimum atomic E-state index is -1.59. The van der Waals surface area contributed by atoms with Gasteiger partial charge in [0.15, 0.2) is 0 Å². The van der Waals surface area contributed by atoms with Crippen molar-refractivity contribution >= 4 is 35.6 Å². The number of aliphatic carboxylic acids is 2. The highest BCUT2D eigenvalue weighted by Gasteiger charge is 2.32. The Morgan fingerprint density at radius 3 is 1.80 bits per heavy atom. The number of carboxylic acid groups (broad SMARTS) is 2. The van der Waals surface area contributed by atoms with Crippen LogP contribution in [0, 0.1) is 5.92 Å². The highest BCUT2D eigenvalue weighted by molar-refractivity contribution is 5.96. The van der Waals surface area contributed by atoms with Gasteiger partial charge in [-0.3, -0.25) is 24.0 Å². The summed E-state index contributed by atoms with van der Waals surface area (Å²) in [6.07, 6.45) is -0.799. The Kier molecular flexibility index (Phi) is 11.4. The maximum Gasteiger partial charge on any atom is 0.326 e. The van der Waals surface area contributed by atoms with Crippen molar-refractivity contribution in [2.45, 2.75) is 64.7 Å². The molecule has 0 bridgehead atoms. The summed E-state index contributed by atoms with van der Waals surface area (Å²) in [6.45, 7) is 5.78. The molecule has 6 N–H and O–H groups in total. The van der Waals surface area contributed by atoms with E-state index in [1.54, 1.807) is 44.2 Å². The van der Waals surface area contributed by atoms with Gasteiger partial charge in [0, 0.05) is 13.3 Å². The molecule has 0 aliphatic heterocycles. The number of amides is 4. The van der Waals surface area contributed by atoms with Crippen LogP contribution >= 0.6 is 0 Å². The van der Waals surface area contributed by atoms with Crippen LogP contribution in [0.2, 0.25) is 0 Å². The summed E-state index contributed by atoms with van der Waals surface area (Å²) >= 11 is 0. The van der Waals surface area contributed by atoms with Crippen molar-refractivity contribution in [1.82, 2.24) is 21.3 Å². The third-order valence-corrected chi connectivity index (χ3v) is 4.97. The third-order valence-electron chi connectivity index (χ3n) is 4.97. The summed E-state index contributed by atoms with van der Waals surface area (Å²) in [6, 6.07) is 3.57. The first kappa shape index (κ1) is 29.1. The number of hydrogen-bond acceptors (Lipinski definition) is 6. The molecule has 0 fully saturated rings. The lowest BCUT2D eigenvalue weighted by atomic mass is 10.0. The van der Waals surface area contributed by atoms with E-state index in [2.05, 4.69) is 21.3 Å². The molecule has 0 heterocycles. The van der Waals surface area contributed by atoms with Crippen molar-refractivity contribution in [2.75, 3.05) is 0 Å². The standard InChI is InChI=1S/C23H32N4O8/c1-12(2)19(23(34)35)27-22(33)17(11-18(29)30)26-21(32)16(10-15-8-6-5-7-9-15)25-20(31)13(3)24-14(4)28/h5-9,12-13,16-17,19H,10-11H2,1-4H3,(H,24,28)(H,25,31)(H,26,32)(H,27,33)(H,29,30)(H,34,35)/t13?,16-,17-,19-/m0/s1. The molecule has 0 radical (unpaired) electrons. The number of nitrogens with one attached hydrogen (secondary N) is 4. The van der Waals surface area contributed by atoms with Crippen LogP contribution in [0.1, 0.15) is 39.7 Å². The lowest BCUT2D eigenvalue weighted by Crippen LogP contribution is -2.58. The molecule has 0 saturated carbocycles. The third kappa shape index (κ3) is 10.2. The van der Waals surface area contributed by atoms with E-state index in [9.17, 15) is 39.0 Å². The summed E-state index contributed by atoms with van der Waals surface area (Å²) in [4.78, 5) is 72.3. The Hall–Kier alpha value is -3.96. The minimum Gasteiger partial charge on any atom is -0.481 e. The van der Waals surface area contributed by atoms with Gasteiger partial charge in [-0.05, 0) is 18.4 Å². The SMILES string of the molecule is CC(=O)NC(C)C(=O)N[C@@H](Cc1ccccc1)C(=O)N[C@@H](CC(=O)O)C(=O)N[C@H](C(=O)O)C(C)C. The first-order valence-corrected chi connectivity index (χ1v) is 11.0. The molecule has 1 aromatic carbocycles. The zero-order valence-corrected chi connectivity index (χ0v) is 20.0. The lowest BCUT2D eigenvalue weighted by molar-refractivity contribution is -0.144. The van der Waals surface area contributed by atoms with Crippen LogP contribution in [0.5, 0.6) is 0 Å². The average molecular weight is 493 g/mol. The van der Waals surface area contributed by atoms with Crippen molar-refractivity contribution < 1.29 is 39.0 Å².